The van der Waals surface area contributed by atoms with Gasteiger partial charge in [-0.1, -0.05) is 64.0 Å². The van der Waals surface area contributed by atoms with Crippen molar-refractivity contribution in [2.75, 3.05) is 7.05 Å². The van der Waals surface area contributed by atoms with Crippen molar-refractivity contribution in [1.29, 1.82) is 0 Å². The Bertz CT molecular complexity index is 543. The van der Waals surface area contributed by atoms with E-state index < -0.39 is 17.8 Å². The Balaban J connectivity index is 1.78. The molecule has 2 rings (SSSR count). The third-order valence-electron chi connectivity index (χ3n) is 5.92. The van der Waals surface area contributed by atoms with Crippen LogP contribution in [0.5, 0.6) is 0 Å². The molecule has 0 spiro atoms. The molecule has 0 aliphatic carbocycles. The van der Waals surface area contributed by atoms with Crippen molar-refractivity contribution in [3.05, 3.63) is 35.4 Å². The van der Waals surface area contributed by atoms with Crippen LogP contribution in [0.15, 0.2) is 24.3 Å². The Morgan fingerprint density at radius 3 is 2.19 bits per heavy atom. The third kappa shape index (κ3) is 6.79. The molecule has 0 saturated carbocycles. The predicted octanol–water partition coefficient (Wildman–Crippen LogP) is 5.82. The Hall–Kier alpha value is -1.07. The second-order valence-corrected chi connectivity index (χ2v) is 8.00. The van der Waals surface area contributed by atoms with Gasteiger partial charge in [-0.2, -0.15) is 13.2 Å². The molecule has 1 heterocycles. The van der Waals surface area contributed by atoms with Crippen molar-refractivity contribution in [2.45, 2.75) is 95.5 Å². The largest absolute Gasteiger partial charge is 0.416 e. The van der Waals surface area contributed by atoms with Crippen molar-refractivity contribution in [3.8, 4) is 0 Å². The van der Waals surface area contributed by atoms with E-state index in [9.17, 15) is 18.3 Å². The Morgan fingerprint density at radius 1 is 1.00 bits per heavy atom. The number of rotatable bonds is 10. The SMILES string of the molecule is CCCCCCCCC[C@@H]1C[C@@H](O)[C@H](Cc2ccc(C(F)(F)F)cc2)N1C. The number of aliphatic hydroxyl groups is 1. The summed E-state index contributed by atoms with van der Waals surface area (Å²) < 4.78 is 38.1. The lowest BCUT2D eigenvalue weighted by Crippen LogP contribution is -2.37. The second-order valence-electron chi connectivity index (χ2n) is 8.00. The molecule has 0 unspecified atom stereocenters. The van der Waals surface area contributed by atoms with Gasteiger partial charge in [0.05, 0.1) is 11.7 Å². The van der Waals surface area contributed by atoms with Crippen molar-refractivity contribution >= 4 is 0 Å². The minimum absolute atomic E-state index is 0.0173. The number of alkyl halides is 3. The first-order valence-corrected chi connectivity index (χ1v) is 10.4. The van der Waals surface area contributed by atoms with Gasteiger partial charge in [0.2, 0.25) is 0 Å². The van der Waals surface area contributed by atoms with Gasteiger partial charge >= 0.3 is 6.18 Å². The molecule has 1 saturated heterocycles. The summed E-state index contributed by atoms with van der Waals surface area (Å²) in [6.07, 6.45) is 6.67. The third-order valence-corrected chi connectivity index (χ3v) is 5.92. The summed E-state index contributed by atoms with van der Waals surface area (Å²) >= 11 is 0. The molecule has 0 amide bonds. The molecule has 0 bridgehead atoms. The molecule has 5 heteroatoms. The van der Waals surface area contributed by atoms with E-state index >= 15 is 0 Å². The van der Waals surface area contributed by atoms with E-state index in [1.807, 2.05) is 7.05 Å². The maximum atomic E-state index is 12.7. The molecule has 1 N–H and O–H groups in total. The van der Waals surface area contributed by atoms with E-state index in [-0.39, 0.29) is 6.04 Å². The fourth-order valence-corrected chi connectivity index (χ4v) is 4.15. The maximum Gasteiger partial charge on any atom is 0.416 e. The monoisotopic (exact) mass is 385 g/mol. The first-order valence-electron chi connectivity index (χ1n) is 10.4. The molecule has 0 radical (unpaired) electrons. The number of likely N-dealkylation sites (tertiary alicyclic amines) is 1. The van der Waals surface area contributed by atoms with E-state index in [2.05, 4.69) is 11.8 Å². The summed E-state index contributed by atoms with van der Waals surface area (Å²) in [5, 5.41) is 10.5. The number of likely N-dealkylation sites (N-methyl/N-ethyl adjacent to an activating group) is 1. The van der Waals surface area contributed by atoms with Gasteiger partial charge in [-0.15, -0.1) is 0 Å². The van der Waals surface area contributed by atoms with Crippen molar-refractivity contribution in [3.63, 3.8) is 0 Å². The molecule has 1 aromatic rings. The van der Waals surface area contributed by atoms with E-state index in [1.165, 1.54) is 57.1 Å². The number of hydrogen-bond acceptors (Lipinski definition) is 2. The highest BCUT2D eigenvalue weighted by Crippen LogP contribution is 2.31. The number of nitrogens with zero attached hydrogens (tertiary/aromatic N) is 1. The predicted molar refractivity (Wildman–Crippen MR) is 104 cm³/mol. The van der Waals surface area contributed by atoms with Crippen LogP contribution in [-0.4, -0.2) is 35.2 Å². The summed E-state index contributed by atoms with van der Waals surface area (Å²) in [5.74, 6) is 0. The first-order chi connectivity index (χ1) is 12.8. The minimum Gasteiger partial charge on any atom is -0.391 e. The molecule has 0 aromatic heterocycles. The molecule has 1 aliphatic heterocycles. The van der Waals surface area contributed by atoms with Crippen LogP contribution in [0.25, 0.3) is 0 Å². The molecule has 1 aromatic carbocycles. The molecule has 2 nitrogen and oxygen atoms in total. The maximum absolute atomic E-state index is 12.7. The van der Waals surface area contributed by atoms with Gasteiger partial charge < -0.3 is 5.11 Å². The smallest absolute Gasteiger partial charge is 0.391 e. The molecular formula is C22H34F3NO. The Labute approximate surface area is 161 Å². The quantitative estimate of drug-likeness (QED) is 0.513. The van der Waals surface area contributed by atoms with Gasteiger partial charge in [0.15, 0.2) is 0 Å². The summed E-state index contributed by atoms with van der Waals surface area (Å²) in [6.45, 7) is 2.22. The highest BCUT2D eigenvalue weighted by Gasteiger charge is 2.37. The highest BCUT2D eigenvalue weighted by molar-refractivity contribution is 5.25. The number of hydrogen-bond donors (Lipinski definition) is 1. The number of unbranched alkanes of at least 4 members (excludes halogenated alkanes) is 6. The van der Waals surface area contributed by atoms with Crippen LogP contribution < -0.4 is 0 Å². The van der Waals surface area contributed by atoms with Crippen molar-refractivity contribution in [1.82, 2.24) is 4.90 Å². The zero-order chi connectivity index (χ0) is 19.9. The zero-order valence-electron chi connectivity index (χ0n) is 16.6. The van der Waals surface area contributed by atoms with Gasteiger partial charge in [-0.05, 0) is 44.0 Å². The summed E-state index contributed by atoms with van der Waals surface area (Å²) in [7, 11) is 2.04. The Morgan fingerprint density at radius 2 is 1.59 bits per heavy atom. The van der Waals surface area contributed by atoms with Gasteiger partial charge in [-0.3, -0.25) is 4.90 Å². The average molecular weight is 386 g/mol. The average Bonchev–Trinajstić information content (AvgIpc) is 2.88. The molecule has 1 fully saturated rings. The van der Waals surface area contributed by atoms with E-state index in [1.54, 1.807) is 0 Å². The van der Waals surface area contributed by atoms with Gasteiger partial charge in [0.25, 0.3) is 0 Å². The topological polar surface area (TPSA) is 23.5 Å². The Kier molecular flexibility index (Phi) is 8.62. The van der Waals surface area contributed by atoms with Crippen molar-refractivity contribution in [2.24, 2.45) is 0 Å². The van der Waals surface area contributed by atoms with Crippen LogP contribution in [0.3, 0.4) is 0 Å². The zero-order valence-corrected chi connectivity index (χ0v) is 16.6. The lowest BCUT2D eigenvalue weighted by Gasteiger charge is -2.26. The van der Waals surface area contributed by atoms with Crippen LogP contribution in [0.4, 0.5) is 13.2 Å². The second kappa shape index (κ2) is 10.5. The molecule has 3 atom stereocenters. The molecule has 154 valence electrons. The molecular weight excluding hydrogens is 351 g/mol. The number of aliphatic hydroxyl groups excluding tert-OH is 1. The van der Waals surface area contributed by atoms with Crippen LogP contribution in [0, 0.1) is 0 Å². The number of halogens is 3. The van der Waals surface area contributed by atoms with Gasteiger partial charge in [0.1, 0.15) is 0 Å². The summed E-state index contributed by atoms with van der Waals surface area (Å²) in [5.41, 5.74) is 0.221. The normalized spacial score (nSPS) is 23.9. The van der Waals surface area contributed by atoms with Crippen LogP contribution in [0.1, 0.15) is 75.8 Å². The van der Waals surface area contributed by atoms with E-state index in [0.717, 1.165) is 30.5 Å². The lowest BCUT2D eigenvalue weighted by molar-refractivity contribution is -0.137. The summed E-state index contributed by atoms with van der Waals surface area (Å²) in [6, 6.07) is 5.69. The highest BCUT2D eigenvalue weighted by atomic mass is 19.4. The van der Waals surface area contributed by atoms with E-state index in [4.69, 9.17) is 0 Å². The molecule has 27 heavy (non-hydrogen) atoms. The number of benzene rings is 1. The van der Waals surface area contributed by atoms with Crippen molar-refractivity contribution < 1.29 is 18.3 Å². The van der Waals surface area contributed by atoms with Crippen LogP contribution >= 0.6 is 0 Å². The molecule has 1 aliphatic rings. The van der Waals surface area contributed by atoms with Gasteiger partial charge in [-0.25, -0.2) is 0 Å². The fourth-order valence-electron chi connectivity index (χ4n) is 4.15. The van der Waals surface area contributed by atoms with Crippen LogP contribution in [-0.2, 0) is 12.6 Å². The van der Waals surface area contributed by atoms with E-state index in [0.29, 0.717) is 12.5 Å². The standard InChI is InChI=1S/C22H34F3NO/c1-3-4-5-6-7-8-9-10-19-16-21(27)20(26(19)2)15-17-11-13-18(14-12-17)22(23,24)25/h11-14,19-21,27H,3-10,15-16H2,1-2H3/t19-,20+,21-/m1/s1. The lowest BCUT2D eigenvalue weighted by atomic mass is 10.0. The fraction of sp³-hybridized carbons (Fsp3) is 0.727. The van der Waals surface area contributed by atoms with Crippen LogP contribution in [0.2, 0.25) is 0 Å². The summed E-state index contributed by atoms with van der Waals surface area (Å²) in [4.78, 5) is 2.24. The minimum atomic E-state index is -4.30. The first kappa shape index (κ1) is 22.2. The van der Waals surface area contributed by atoms with Gasteiger partial charge in [0, 0.05) is 12.1 Å².